The molecule has 1 fully saturated rings. The minimum absolute atomic E-state index is 0.163. The first-order valence-corrected chi connectivity index (χ1v) is 4.80. The molecule has 1 aliphatic carbocycles. The lowest BCUT2D eigenvalue weighted by Crippen LogP contribution is -2.42. The minimum atomic E-state index is 0.163. The van der Waals surface area contributed by atoms with Gasteiger partial charge in [-0.05, 0) is 11.5 Å². The number of benzene rings is 1. The molecule has 0 amide bonds. The van der Waals surface area contributed by atoms with E-state index in [2.05, 4.69) is 6.92 Å². The van der Waals surface area contributed by atoms with E-state index in [9.17, 15) is 4.79 Å². The second kappa shape index (κ2) is 2.99. The van der Waals surface area contributed by atoms with Crippen LogP contribution in [0.25, 0.3) is 0 Å². The van der Waals surface area contributed by atoms with Crippen molar-refractivity contribution in [1.29, 1.82) is 0 Å². The summed E-state index contributed by atoms with van der Waals surface area (Å²) in [6.07, 6.45) is 0. The molecule has 13 heavy (non-hydrogen) atoms. The summed E-state index contributed by atoms with van der Waals surface area (Å²) >= 11 is 0. The van der Waals surface area contributed by atoms with E-state index < -0.39 is 0 Å². The molecule has 1 aliphatic rings. The lowest BCUT2D eigenvalue weighted by molar-refractivity contribution is -0.135. The largest absolute Gasteiger partial charge is 0.299 e. The summed E-state index contributed by atoms with van der Waals surface area (Å²) in [5.41, 5.74) is 1.18. The molecule has 68 valence electrons. The molecule has 0 heterocycles. The predicted molar refractivity (Wildman–Crippen MR) is 52.5 cm³/mol. The molecule has 1 aromatic carbocycles. The second-order valence-corrected chi connectivity index (χ2v) is 3.94. The number of carbonyl (C=O) groups is 1. The molecule has 0 saturated heterocycles. The molecule has 1 saturated carbocycles. The van der Waals surface area contributed by atoms with Crippen LogP contribution in [0.5, 0.6) is 0 Å². The lowest BCUT2D eigenvalue weighted by Gasteiger charge is -2.39. The van der Waals surface area contributed by atoms with Gasteiger partial charge in [0.05, 0.1) is 0 Å². The summed E-state index contributed by atoms with van der Waals surface area (Å²) in [6, 6.07) is 10.1. The fraction of sp³-hybridized carbons (Fsp3) is 0.417. The molecule has 0 bridgehead atoms. The lowest BCUT2D eigenvalue weighted by atomic mass is 9.63. The van der Waals surface area contributed by atoms with E-state index in [0.29, 0.717) is 11.7 Å². The highest BCUT2D eigenvalue weighted by Gasteiger charge is 2.44. The van der Waals surface area contributed by atoms with Crippen molar-refractivity contribution in [2.75, 3.05) is 0 Å². The summed E-state index contributed by atoms with van der Waals surface area (Å²) in [4.78, 5) is 11.6. The molecule has 0 N–H and O–H groups in total. The Morgan fingerprint density at radius 3 is 2.23 bits per heavy atom. The van der Waals surface area contributed by atoms with Gasteiger partial charge in [0.15, 0.2) is 0 Å². The number of ketones is 1. The third kappa shape index (κ3) is 1.19. The summed E-state index contributed by atoms with van der Waals surface area (Å²) in [5, 5.41) is 0. The highest BCUT2D eigenvalue weighted by molar-refractivity contribution is 5.94. The molecule has 1 heteroatoms. The van der Waals surface area contributed by atoms with Gasteiger partial charge in [0, 0.05) is 11.8 Å². The molecule has 0 aliphatic heterocycles. The Morgan fingerprint density at radius 1 is 1.08 bits per heavy atom. The fourth-order valence-corrected chi connectivity index (χ4v) is 2.10. The maximum absolute atomic E-state index is 11.6. The monoisotopic (exact) mass is 174 g/mol. The SMILES string of the molecule is C[C@H]1C(=O)C(c2ccccc2)[C@@H]1C. The van der Waals surface area contributed by atoms with E-state index in [4.69, 9.17) is 0 Å². The number of rotatable bonds is 1. The standard InChI is InChI=1S/C12H14O/c1-8-9(2)12(13)11(8)10-6-4-3-5-7-10/h3-9,11H,1-2H3/t8-,9-,11?/m1/s1. The molecule has 1 unspecified atom stereocenters. The molecule has 0 aromatic heterocycles. The summed E-state index contributed by atoms with van der Waals surface area (Å²) in [6.45, 7) is 4.18. The zero-order valence-electron chi connectivity index (χ0n) is 8.03. The summed E-state index contributed by atoms with van der Waals surface area (Å²) in [5.74, 6) is 1.33. The van der Waals surface area contributed by atoms with Gasteiger partial charge in [-0.2, -0.15) is 0 Å². The van der Waals surface area contributed by atoms with Crippen LogP contribution in [0.4, 0.5) is 0 Å². The minimum Gasteiger partial charge on any atom is -0.299 e. The normalized spacial score (nSPS) is 32.8. The van der Waals surface area contributed by atoms with Crippen molar-refractivity contribution in [3.05, 3.63) is 35.9 Å². The first-order valence-electron chi connectivity index (χ1n) is 4.80. The van der Waals surface area contributed by atoms with Crippen molar-refractivity contribution in [2.45, 2.75) is 19.8 Å². The third-order valence-corrected chi connectivity index (χ3v) is 3.23. The van der Waals surface area contributed by atoms with Crippen LogP contribution in [0.15, 0.2) is 30.3 Å². The molecule has 0 spiro atoms. The Hall–Kier alpha value is -1.11. The van der Waals surface area contributed by atoms with Crippen molar-refractivity contribution < 1.29 is 4.79 Å². The van der Waals surface area contributed by atoms with Crippen LogP contribution in [-0.2, 0) is 4.79 Å². The van der Waals surface area contributed by atoms with Gasteiger partial charge in [0.1, 0.15) is 5.78 Å². The van der Waals surface area contributed by atoms with E-state index in [-0.39, 0.29) is 11.8 Å². The van der Waals surface area contributed by atoms with Gasteiger partial charge in [-0.1, -0.05) is 44.2 Å². The van der Waals surface area contributed by atoms with Gasteiger partial charge in [-0.25, -0.2) is 0 Å². The maximum Gasteiger partial charge on any atom is 0.143 e. The quantitative estimate of drug-likeness (QED) is 0.639. The Labute approximate surface area is 78.8 Å². The van der Waals surface area contributed by atoms with Crippen LogP contribution < -0.4 is 0 Å². The van der Waals surface area contributed by atoms with E-state index in [0.717, 1.165) is 0 Å². The third-order valence-electron chi connectivity index (χ3n) is 3.23. The van der Waals surface area contributed by atoms with E-state index in [1.165, 1.54) is 5.56 Å². The van der Waals surface area contributed by atoms with Gasteiger partial charge in [0.2, 0.25) is 0 Å². The smallest absolute Gasteiger partial charge is 0.143 e. The molecular formula is C12H14O. The second-order valence-electron chi connectivity index (χ2n) is 3.94. The van der Waals surface area contributed by atoms with E-state index in [1.807, 2.05) is 37.3 Å². The highest BCUT2D eigenvalue weighted by atomic mass is 16.1. The molecular weight excluding hydrogens is 160 g/mol. The van der Waals surface area contributed by atoms with Crippen molar-refractivity contribution in [3.8, 4) is 0 Å². The van der Waals surface area contributed by atoms with Crippen molar-refractivity contribution in [1.82, 2.24) is 0 Å². The molecule has 2 rings (SSSR count). The van der Waals surface area contributed by atoms with Crippen LogP contribution >= 0.6 is 0 Å². The average molecular weight is 174 g/mol. The first-order chi connectivity index (χ1) is 6.22. The first kappa shape index (κ1) is 8.49. The number of carbonyl (C=O) groups excluding carboxylic acids is 1. The predicted octanol–water partition coefficient (Wildman–Crippen LogP) is 2.63. The molecule has 3 atom stereocenters. The van der Waals surface area contributed by atoms with Crippen LogP contribution in [0.2, 0.25) is 0 Å². The fourth-order valence-electron chi connectivity index (χ4n) is 2.10. The maximum atomic E-state index is 11.6. The van der Waals surface area contributed by atoms with Gasteiger partial charge in [-0.15, -0.1) is 0 Å². The number of Topliss-reactive ketones (excluding diaryl/α,β-unsaturated/α-hetero) is 1. The number of hydrogen-bond donors (Lipinski definition) is 0. The van der Waals surface area contributed by atoms with Crippen LogP contribution in [0.1, 0.15) is 25.3 Å². The molecule has 1 aromatic rings. The zero-order valence-corrected chi connectivity index (χ0v) is 8.03. The van der Waals surface area contributed by atoms with Crippen molar-refractivity contribution >= 4 is 5.78 Å². The van der Waals surface area contributed by atoms with E-state index in [1.54, 1.807) is 0 Å². The van der Waals surface area contributed by atoms with Gasteiger partial charge >= 0.3 is 0 Å². The van der Waals surface area contributed by atoms with Crippen LogP contribution in [0, 0.1) is 11.8 Å². The Kier molecular flexibility index (Phi) is 1.95. The Morgan fingerprint density at radius 2 is 1.69 bits per heavy atom. The highest BCUT2D eigenvalue weighted by Crippen LogP contribution is 2.43. The van der Waals surface area contributed by atoms with Crippen molar-refractivity contribution in [2.24, 2.45) is 11.8 Å². The number of hydrogen-bond acceptors (Lipinski definition) is 1. The zero-order chi connectivity index (χ0) is 9.42. The molecule has 1 nitrogen and oxygen atoms in total. The van der Waals surface area contributed by atoms with Gasteiger partial charge in [-0.3, -0.25) is 4.79 Å². The van der Waals surface area contributed by atoms with Crippen LogP contribution in [-0.4, -0.2) is 5.78 Å². The van der Waals surface area contributed by atoms with Gasteiger partial charge < -0.3 is 0 Å². The average Bonchev–Trinajstić information content (AvgIpc) is 2.19. The summed E-state index contributed by atoms with van der Waals surface area (Å²) in [7, 11) is 0. The Balaban J connectivity index is 2.25. The van der Waals surface area contributed by atoms with Crippen molar-refractivity contribution in [3.63, 3.8) is 0 Å². The van der Waals surface area contributed by atoms with Gasteiger partial charge in [0.25, 0.3) is 0 Å². The topological polar surface area (TPSA) is 17.1 Å². The molecule has 0 radical (unpaired) electrons. The Bertz CT molecular complexity index is 315. The van der Waals surface area contributed by atoms with Crippen LogP contribution in [0.3, 0.4) is 0 Å². The summed E-state index contributed by atoms with van der Waals surface area (Å²) < 4.78 is 0. The van der Waals surface area contributed by atoms with E-state index >= 15 is 0 Å².